The number of aromatic nitrogens is 4. The van der Waals surface area contributed by atoms with Crippen LogP contribution in [0.1, 0.15) is 0 Å². The maximum atomic E-state index is 5.24. The summed E-state index contributed by atoms with van der Waals surface area (Å²) in [5.41, 5.74) is 10.9. The first-order valence-electron chi connectivity index (χ1n) is 18.8. The minimum absolute atomic E-state index is 0.633. The number of para-hydroxylation sites is 2. The van der Waals surface area contributed by atoms with Crippen LogP contribution >= 0.6 is 11.3 Å². The Bertz CT molecular complexity index is 3170. The molecule has 0 amide bonds. The van der Waals surface area contributed by atoms with E-state index in [1.807, 2.05) is 47.7 Å². The number of fused-ring (bicyclic) bond motifs is 7. The fraction of sp³-hybridized carbons (Fsp3) is 0. The van der Waals surface area contributed by atoms with Crippen LogP contribution in [0.3, 0.4) is 0 Å². The smallest absolute Gasteiger partial charge is 0.164 e. The Balaban J connectivity index is 1.21. The maximum Gasteiger partial charge on any atom is 0.164 e. The molecule has 0 aliphatic carbocycles. The molecule has 0 bridgehead atoms. The van der Waals surface area contributed by atoms with E-state index in [1.165, 1.54) is 42.0 Å². The van der Waals surface area contributed by atoms with Crippen molar-refractivity contribution in [1.29, 1.82) is 0 Å². The number of hydrogen-bond acceptors (Lipinski definition) is 4. The van der Waals surface area contributed by atoms with Crippen molar-refractivity contribution in [2.75, 3.05) is 0 Å². The van der Waals surface area contributed by atoms with Gasteiger partial charge in [-0.05, 0) is 52.6 Å². The third kappa shape index (κ3) is 5.32. The average molecular weight is 733 g/mol. The van der Waals surface area contributed by atoms with Gasteiger partial charge in [0.25, 0.3) is 0 Å². The topological polar surface area (TPSA) is 43.6 Å². The van der Waals surface area contributed by atoms with Crippen LogP contribution in [-0.2, 0) is 0 Å². The van der Waals surface area contributed by atoms with Crippen LogP contribution in [0.2, 0.25) is 0 Å². The van der Waals surface area contributed by atoms with E-state index in [9.17, 15) is 0 Å². The normalized spacial score (nSPS) is 11.6. The van der Waals surface area contributed by atoms with E-state index in [0.717, 1.165) is 44.6 Å². The lowest BCUT2D eigenvalue weighted by Gasteiger charge is -2.15. The van der Waals surface area contributed by atoms with Gasteiger partial charge in [0, 0.05) is 48.6 Å². The molecule has 4 nitrogen and oxygen atoms in total. The molecule has 11 aromatic rings. The fourth-order valence-electron chi connectivity index (χ4n) is 8.10. The molecular weight excluding hydrogens is 701 g/mol. The molecule has 0 saturated heterocycles. The molecule has 5 heteroatoms. The molecule has 0 fully saturated rings. The van der Waals surface area contributed by atoms with Crippen molar-refractivity contribution >= 4 is 53.3 Å². The monoisotopic (exact) mass is 732 g/mol. The fourth-order valence-corrected chi connectivity index (χ4v) is 9.37. The molecule has 0 radical (unpaired) electrons. The number of rotatable bonds is 6. The third-order valence-corrected chi connectivity index (χ3v) is 11.8. The van der Waals surface area contributed by atoms with Crippen molar-refractivity contribution in [2.45, 2.75) is 0 Å². The lowest BCUT2D eigenvalue weighted by molar-refractivity contribution is 1.07. The zero-order valence-corrected chi connectivity index (χ0v) is 31.0. The van der Waals surface area contributed by atoms with Crippen LogP contribution in [0.25, 0.3) is 104 Å². The zero-order chi connectivity index (χ0) is 37.0. The average Bonchev–Trinajstić information content (AvgIpc) is 3.84. The van der Waals surface area contributed by atoms with Gasteiger partial charge in [-0.25, -0.2) is 15.0 Å². The molecule has 3 heterocycles. The Hall–Kier alpha value is -7.21. The molecule has 0 atom stereocenters. The van der Waals surface area contributed by atoms with E-state index in [-0.39, 0.29) is 0 Å². The van der Waals surface area contributed by atoms with Crippen molar-refractivity contribution in [2.24, 2.45) is 0 Å². The minimum Gasteiger partial charge on any atom is -0.308 e. The van der Waals surface area contributed by atoms with Crippen molar-refractivity contribution in [3.05, 3.63) is 194 Å². The summed E-state index contributed by atoms with van der Waals surface area (Å²) in [5, 5.41) is 4.97. The first-order valence-corrected chi connectivity index (χ1v) is 19.6. The second kappa shape index (κ2) is 13.3. The maximum absolute atomic E-state index is 5.24. The second-order valence-electron chi connectivity index (χ2n) is 14.0. The van der Waals surface area contributed by atoms with Gasteiger partial charge in [-0.3, -0.25) is 0 Å². The molecule has 11 rings (SSSR count). The Kier molecular flexibility index (Phi) is 7.64. The van der Waals surface area contributed by atoms with Crippen LogP contribution in [0.4, 0.5) is 0 Å². The van der Waals surface area contributed by atoms with Gasteiger partial charge in [-0.1, -0.05) is 164 Å². The zero-order valence-electron chi connectivity index (χ0n) is 30.2. The van der Waals surface area contributed by atoms with Crippen LogP contribution in [0.5, 0.6) is 0 Å². The molecule has 0 spiro atoms. The summed E-state index contributed by atoms with van der Waals surface area (Å²) in [7, 11) is 0. The van der Waals surface area contributed by atoms with Crippen molar-refractivity contribution in [3.63, 3.8) is 0 Å². The lowest BCUT2D eigenvalue weighted by atomic mass is 9.92. The van der Waals surface area contributed by atoms with Gasteiger partial charge in [0.05, 0.1) is 15.7 Å². The third-order valence-electron chi connectivity index (χ3n) is 10.7. The van der Waals surface area contributed by atoms with Crippen LogP contribution in [0.15, 0.2) is 194 Å². The van der Waals surface area contributed by atoms with E-state index in [1.54, 1.807) is 0 Å². The highest BCUT2D eigenvalue weighted by molar-refractivity contribution is 7.26. The predicted octanol–water partition coefficient (Wildman–Crippen LogP) is 13.7. The summed E-state index contributed by atoms with van der Waals surface area (Å²) in [6.07, 6.45) is 0. The Morgan fingerprint density at radius 3 is 1.66 bits per heavy atom. The molecule has 3 aromatic heterocycles. The summed E-state index contributed by atoms with van der Waals surface area (Å²) < 4.78 is 4.94. The van der Waals surface area contributed by atoms with Gasteiger partial charge < -0.3 is 4.57 Å². The van der Waals surface area contributed by atoms with E-state index in [2.05, 4.69) is 162 Å². The van der Waals surface area contributed by atoms with E-state index < -0.39 is 0 Å². The number of nitrogens with zero attached hydrogens (tertiary/aromatic N) is 4. The molecule has 8 aromatic carbocycles. The van der Waals surface area contributed by atoms with Crippen LogP contribution < -0.4 is 0 Å². The molecule has 0 unspecified atom stereocenters. The largest absolute Gasteiger partial charge is 0.308 e. The minimum atomic E-state index is 0.633. The number of thiophene rings is 1. The van der Waals surface area contributed by atoms with Crippen molar-refractivity contribution < 1.29 is 0 Å². The predicted molar refractivity (Wildman–Crippen MR) is 234 cm³/mol. The van der Waals surface area contributed by atoms with Crippen molar-refractivity contribution in [3.8, 4) is 62.1 Å². The molecule has 0 saturated carbocycles. The second-order valence-corrected chi connectivity index (χ2v) is 15.0. The molecule has 56 heavy (non-hydrogen) atoms. The van der Waals surface area contributed by atoms with Gasteiger partial charge >= 0.3 is 0 Å². The molecule has 0 aliphatic rings. The van der Waals surface area contributed by atoms with E-state index in [0.29, 0.717) is 17.5 Å². The van der Waals surface area contributed by atoms with Gasteiger partial charge in [0.15, 0.2) is 17.5 Å². The van der Waals surface area contributed by atoms with Crippen LogP contribution in [0, 0.1) is 0 Å². The van der Waals surface area contributed by atoms with Crippen LogP contribution in [-0.4, -0.2) is 19.5 Å². The summed E-state index contributed by atoms with van der Waals surface area (Å²) in [6, 6.07) is 68.4. The number of benzene rings is 8. The quantitative estimate of drug-likeness (QED) is 0.171. The number of hydrogen-bond donors (Lipinski definition) is 0. The lowest BCUT2D eigenvalue weighted by Crippen LogP contribution is -2.01. The van der Waals surface area contributed by atoms with E-state index in [4.69, 9.17) is 15.0 Å². The highest BCUT2D eigenvalue weighted by Gasteiger charge is 2.22. The summed E-state index contributed by atoms with van der Waals surface area (Å²) in [6.45, 7) is 0. The summed E-state index contributed by atoms with van der Waals surface area (Å²) in [5.74, 6) is 1.91. The Morgan fingerprint density at radius 1 is 0.375 bits per heavy atom. The van der Waals surface area contributed by atoms with Gasteiger partial charge in [-0.2, -0.15) is 0 Å². The summed E-state index contributed by atoms with van der Waals surface area (Å²) >= 11 is 1.86. The first-order chi connectivity index (χ1) is 27.8. The van der Waals surface area contributed by atoms with Crippen molar-refractivity contribution in [1.82, 2.24) is 19.5 Å². The summed E-state index contributed by atoms with van der Waals surface area (Å²) in [4.78, 5) is 15.5. The Labute approximate surface area is 327 Å². The standard InChI is InChI=1S/C51H32N4S/c1-5-16-33(17-6-1)36-28-29-38(43(32-36)51-53-49(34-18-7-2-8-19-34)52-50(54-51)35-20-9-3-10-21-35)40-25-15-27-45-46(40)42-31-30-41-39-24-13-14-26-44(39)55(47(41)48(42)56-45)37-22-11-4-12-23-37/h1-32H. The highest BCUT2D eigenvalue weighted by atomic mass is 32.1. The molecule has 0 N–H and O–H groups in total. The SMILES string of the molecule is c1ccc(-c2ccc(-c3cccc4sc5c(ccc6c7ccccc7n(-c7ccccc7)c65)c34)c(-c3nc(-c4ccccc4)nc(-c4ccccc4)n3)c2)cc1. The molecule has 0 aliphatic heterocycles. The van der Waals surface area contributed by atoms with Gasteiger partial charge in [0.1, 0.15) is 0 Å². The highest BCUT2D eigenvalue weighted by Crippen LogP contribution is 2.47. The molecule has 262 valence electrons. The Morgan fingerprint density at radius 2 is 0.964 bits per heavy atom. The van der Waals surface area contributed by atoms with Gasteiger partial charge in [-0.15, -0.1) is 11.3 Å². The van der Waals surface area contributed by atoms with Gasteiger partial charge in [0.2, 0.25) is 0 Å². The first kappa shape index (κ1) is 32.2. The van der Waals surface area contributed by atoms with E-state index >= 15 is 0 Å². The molecular formula is C51H32N4S.